The van der Waals surface area contributed by atoms with Crippen LogP contribution in [-0.4, -0.2) is 5.54 Å². The molecule has 0 spiro atoms. The number of ether oxygens (including phenoxy) is 1. The van der Waals surface area contributed by atoms with Crippen LogP contribution in [0.5, 0.6) is 5.75 Å². The summed E-state index contributed by atoms with van der Waals surface area (Å²) in [6.07, 6.45) is 13.7. The van der Waals surface area contributed by atoms with Crippen LogP contribution in [0.15, 0.2) is 59.9 Å². The Bertz CT molecular complexity index is 851. The molecule has 1 aromatic carbocycles. The Hall–Kier alpha value is -2.22. The van der Waals surface area contributed by atoms with Gasteiger partial charge < -0.3 is 10.1 Å². The molecule has 1 aliphatic heterocycles. The van der Waals surface area contributed by atoms with Crippen LogP contribution >= 0.6 is 0 Å². The third kappa shape index (κ3) is 8.81. The number of anilines is 1. The van der Waals surface area contributed by atoms with Crippen LogP contribution in [0.2, 0.25) is 0 Å². The van der Waals surface area contributed by atoms with E-state index in [1.54, 1.807) is 0 Å². The zero-order chi connectivity index (χ0) is 23.0. The highest BCUT2D eigenvalue weighted by Gasteiger charge is 2.22. The first kappa shape index (κ1) is 25.0. The fourth-order valence-electron chi connectivity index (χ4n) is 4.06. The van der Waals surface area contributed by atoms with Gasteiger partial charge in [-0.1, -0.05) is 56.2 Å². The number of nitrogens with one attached hydrogen (secondary N) is 1. The van der Waals surface area contributed by atoms with E-state index < -0.39 is 0 Å². The molecule has 0 aliphatic carbocycles. The van der Waals surface area contributed by atoms with Crippen molar-refractivity contribution in [3.63, 3.8) is 0 Å². The molecule has 2 heteroatoms. The van der Waals surface area contributed by atoms with E-state index in [0.29, 0.717) is 0 Å². The predicted molar refractivity (Wildman–Crippen MR) is 138 cm³/mol. The zero-order valence-electron chi connectivity index (χ0n) is 20.9. The Morgan fingerprint density at radius 1 is 1.13 bits per heavy atom. The van der Waals surface area contributed by atoms with Crippen molar-refractivity contribution in [3.05, 3.63) is 65.5 Å². The topological polar surface area (TPSA) is 21.3 Å². The van der Waals surface area contributed by atoms with E-state index in [-0.39, 0.29) is 5.54 Å². The van der Waals surface area contributed by atoms with Gasteiger partial charge >= 0.3 is 0 Å². The van der Waals surface area contributed by atoms with Gasteiger partial charge in [0.1, 0.15) is 11.5 Å². The van der Waals surface area contributed by atoms with Crippen LogP contribution in [-0.2, 0) is 0 Å². The van der Waals surface area contributed by atoms with Crippen LogP contribution in [0.25, 0.3) is 5.57 Å². The fraction of sp³-hybridized carbons (Fsp3) is 0.517. The molecule has 2 nitrogen and oxygen atoms in total. The van der Waals surface area contributed by atoms with Crippen LogP contribution in [0.4, 0.5) is 5.69 Å². The summed E-state index contributed by atoms with van der Waals surface area (Å²) >= 11 is 0. The summed E-state index contributed by atoms with van der Waals surface area (Å²) in [4.78, 5) is 0. The van der Waals surface area contributed by atoms with Gasteiger partial charge in [0.05, 0.1) is 5.54 Å². The van der Waals surface area contributed by atoms with Crippen LogP contribution in [0, 0.1) is 5.92 Å². The van der Waals surface area contributed by atoms with Crippen LogP contribution in [0.1, 0.15) is 92.6 Å². The van der Waals surface area contributed by atoms with E-state index in [4.69, 9.17) is 4.74 Å². The van der Waals surface area contributed by atoms with E-state index in [0.717, 1.165) is 42.4 Å². The highest BCUT2D eigenvalue weighted by Crippen LogP contribution is 2.36. The third-order valence-corrected chi connectivity index (χ3v) is 5.77. The van der Waals surface area contributed by atoms with E-state index in [1.807, 2.05) is 6.07 Å². The standard InChI is InChI=1S/C29H43NO/c1-21(2)11-9-12-22(3)13-10-14-23(4)15-16-25(6)31-26-17-18-28-27(19-26)24(5)20-29(7,8)30-28/h13,15,17-21,30H,6,9-12,14,16H2,1-5,7-8H3. The number of allylic oxidation sites excluding steroid dienone is 5. The number of fused-ring (bicyclic) bond motifs is 1. The van der Waals surface area contributed by atoms with Gasteiger partial charge in [-0.05, 0) is 90.0 Å². The minimum Gasteiger partial charge on any atom is -0.462 e. The van der Waals surface area contributed by atoms with Gasteiger partial charge in [0, 0.05) is 17.7 Å². The Kier molecular flexibility index (Phi) is 9.22. The molecule has 1 aromatic rings. The molecule has 1 aliphatic rings. The Balaban J connectivity index is 1.81. The summed E-state index contributed by atoms with van der Waals surface area (Å²) in [5.41, 5.74) is 6.53. The van der Waals surface area contributed by atoms with Crippen molar-refractivity contribution in [2.24, 2.45) is 5.92 Å². The highest BCUT2D eigenvalue weighted by molar-refractivity contribution is 5.80. The molecule has 0 atom stereocenters. The minimum absolute atomic E-state index is 0.0206. The molecule has 0 amide bonds. The Labute approximate surface area is 191 Å². The first-order valence-electron chi connectivity index (χ1n) is 11.8. The molecule has 1 heterocycles. The van der Waals surface area contributed by atoms with Crippen LogP contribution in [0.3, 0.4) is 0 Å². The van der Waals surface area contributed by atoms with Gasteiger partial charge in [-0.25, -0.2) is 0 Å². The molecule has 1 N–H and O–H groups in total. The van der Waals surface area contributed by atoms with Crippen molar-refractivity contribution in [3.8, 4) is 5.75 Å². The average Bonchev–Trinajstić information content (AvgIpc) is 2.66. The van der Waals surface area contributed by atoms with Gasteiger partial charge in [0.2, 0.25) is 0 Å². The lowest BCUT2D eigenvalue weighted by Gasteiger charge is -2.31. The van der Waals surface area contributed by atoms with Crippen molar-refractivity contribution >= 4 is 11.3 Å². The zero-order valence-corrected chi connectivity index (χ0v) is 20.9. The summed E-state index contributed by atoms with van der Waals surface area (Å²) in [6.45, 7) is 19.7. The lowest BCUT2D eigenvalue weighted by Crippen LogP contribution is -2.31. The SMILES string of the molecule is C=C(CC=C(C)CCC=C(C)CCCC(C)C)Oc1ccc2c(c1)C(C)=CC(C)(C)N2. The molecular weight excluding hydrogens is 378 g/mol. The second-order valence-corrected chi connectivity index (χ2v) is 10.2. The lowest BCUT2D eigenvalue weighted by molar-refractivity contribution is 0.418. The van der Waals surface area contributed by atoms with Crippen molar-refractivity contribution in [1.82, 2.24) is 0 Å². The van der Waals surface area contributed by atoms with Gasteiger partial charge in [0.15, 0.2) is 0 Å². The number of rotatable bonds is 11. The number of hydrogen-bond donors (Lipinski definition) is 1. The minimum atomic E-state index is -0.0206. The predicted octanol–water partition coefficient (Wildman–Crippen LogP) is 9.08. The van der Waals surface area contributed by atoms with E-state index in [9.17, 15) is 0 Å². The lowest BCUT2D eigenvalue weighted by atomic mass is 9.91. The maximum Gasteiger partial charge on any atom is 0.127 e. The van der Waals surface area contributed by atoms with Gasteiger partial charge in [0.25, 0.3) is 0 Å². The Morgan fingerprint density at radius 2 is 1.84 bits per heavy atom. The number of benzene rings is 1. The van der Waals surface area contributed by atoms with Crippen molar-refractivity contribution in [1.29, 1.82) is 0 Å². The van der Waals surface area contributed by atoms with Crippen molar-refractivity contribution in [2.45, 2.75) is 92.5 Å². The van der Waals surface area contributed by atoms with Gasteiger partial charge in [-0.3, -0.25) is 0 Å². The Morgan fingerprint density at radius 3 is 2.55 bits per heavy atom. The molecular formula is C29H43NO. The molecule has 0 saturated carbocycles. The molecule has 0 fully saturated rings. The quantitative estimate of drug-likeness (QED) is 0.284. The molecule has 31 heavy (non-hydrogen) atoms. The second kappa shape index (κ2) is 11.4. The van der Waals surface area contributed by atoms with E-state index in [2.05, 4.69) is 90.7 Å². The van der Waals surface area contributed by atoms with Crippen molar-refractivity contribution in [2.75, 3.05) is 5.32 Å². The molecule has 170 valence electrons. The maximum atomic E-state index is 6.03. The fourth-order valence-corrected chi connectivity index (χ4v) is 4.06. The third-order valence-electron chi connectivity index (χ3n) is 5.77. The van der Waals surface area contributed by atoms with Gasteiger partial charge in [-0.15, -0.1) is 0 Å². The maximum absolute atomic E-state index is 6.03. The summed E-state index contributed by atoms with van der Waals surface area (Å²) in [5, 5.41) is 3.56. The molecule has 0 radical (unpaired) electrons. The molecule has 0 aromatic heterocycles. The van der Waals surface area contributed by atoms with Crippen LogP contribution < -0.4 is 10.1 Å². The summed E-state index contributed by atoms with van der Waals surface area (Å²) in [5.74, 6) is 2.44. The molecule has 0 unspecified atom stereocenters. The largest absolute Gasteiger partial charge is 0.462 e. The first-order valence-corrected chi connectivity index (χ1v) is 11.8. The van der Waals surface area contributed by atoms with Crippen molar-refractivity contribution < 1.29 is 4.74 Å². The summed E-state index contributed by atoms with van der Waals surface area (Å²) < 4.78 is 6.03. The second-order valence-electron chi connectivity index (χ2n) is 10.2. The normalized spacial score (nSPS) is 15.9. The summed E-state index contributed by atoms with van der Waals surface area (Å²) in [6, 6.07) is 6.24. The summed E-state index contributed by atoms with van der Waals surface area (Å²) in [7, 11) is 0. The molecule has 0 saturated heterocycles. The van der Waals surface area contributed by atoms with E-state index >= 15 is 0 Å². The number of hydrogen-bond acceptors (Lipinski definition) is 2. The van der Waals surface area contributed by atoms with E-state index in [1.165, 1.54) is 41.5 Å². The molecule has 0 bridgehead atoms. The van der Waals surface area contributed by atoms with Gasteiger partial charge in [-0.2, -0.15) is 0 Å². The first-order chi connectivity index (χ1) is 14.6. The highest BCUT2D eigenvalue weighted by atomic mass is 16.5. The monoisotopic (exact) mass is 421 g/mol. The molecule has 2 rings (SSSR count). The average molecular weight is 422 g/mol. The smallest absolute Gasteiger partial charge is 0.127 e.